The Bertz CT molecular complexity index is 771. The summed E-state index contributed by atoms with van der Waals surface area (Å²) in [5, 5.41) is 0.713. The number of benzene rings is 1. The molecule has 2 rings (SSSR count). The Balaban J connectivity index is 2.45. The van der Waals surface area contributed by atoms with Crippen LogP contribution in [0.2, 0.25) is 0 Å². The third kappa shape index (κ3) is 4.15. The van der Waals surface area contributed by atoms with Gasteiger partial charge in [0.05, 0.1) is 42.3 Å². The molecule has 1 aromatic carbocycles. The van der Waals surface area contributed by atoms with E-state index in [-0.39, 0.29) is 5.56 Å². The van der Waals surface area contributed by atoms with Crippen LogP contribution in [-0.4, -0.2) is 40.3 Å². The molecular formula is C17H25N4O2S+. The van der Waals surface area contributed by atoms with E-state index >= 15 is 0 Å². The van der Waals surface area contributed by atoms with Gasteiger partial charge in [-0.05, 0) is 32.9 Å². The minimum atomic E-state index is -0.440. The molecule has 1 amide bonds. The molecule has 2 aromatic rings. The second kappa shape index (κ2) is 8.30. The van der Waals surface area contributed by atoms with Gasteiger partial charge < -0.3 is 10.6 Å². The SMILES string of the molecule is CC[NH+](CC)CCn1c(S[C@H](C)C(N)=O)nc2ccccc2c1=O. The number of hydrogen-bond donors (Lipinski definition) is 2. The molecule has 0 aliphatic carbocycles. The molecule has 0 saturated carbocycles. The van der Waals surface area contributed by atoms with E-state index in [1.54, 1.807) is 17.6 Å². The number of hydrogen-bond acceptors (Lipinski definition) is 4. The Labute approximate surface area is 146 Å². The molecule has 7 heteroatoms. The van der Waals surface area contributed by atoms with E-state index in [1.165, 1.54) is 16.7 Å². The lowest BCUT2D eigenvalue weighted by Gasteiger charge is -2.18. The third-order valence-corrected chi connectivity index (χ3v) is 5.31. The first-order chi connectivity index (χ1) is 11.5. The van der Waals surface area contributed by atoms with E-state index in [0.717, 1.165) is 19.6 Å². The predicted molar refractivity (Wildman–Crippen MR) is 97.4 cm³/mol. The number of thioether (sulfide) groups is 1. The van der Waals surface area contributed by atoms with Crippen LogP contribution in [0.4, 0.5) is 0 Å². The number of likely N-dealkylation sites (N-methyl/N-ethyl adjacent to an activating group) is 1. The van der Waals surface area contributed by atoms with Crippen molar-refractivity contribution in [1.82, 2.24) is 9.55 Å². The van der Waals surface area contributed by atoms with Crippen molar-refractivity contribution in [3.05, 3.63) is 34.6 Å². The molecule has 0 aliphatic rings. The molecule has 6 nitrogen and oxygen atoms in total. The molecule has 0 aliphatic heterocycles. The molecular weight excluding hydrogens is 324 g/mol. The van der Waals surface area contributed by atoms with Gasteiger partial charge >= 0.3 is 0 Å². The van der Waals surface area contributed by atoms with E-state index in [0.29, 0.717) is 22.6 Å². The number of para-hydroxylation sites is 1. The lowest BCUT2D eigenvalue weighted by Crippen LogP contribution is -3.11. The van der Waals surface area contributed by atoms with E-state index in [9.17, 15) is 9.59 Å². The predicted octanol–water partition coefficient (Wildman–Crippen LogP) is 0.287. The summed E-state index contributed by atoms with van der Waals surface area (Å²) in [6.45, 7) is 9.41. The average molecular weight is 349 g/mol. The van der Waals surface area contributed by atoms with Crippen LogP contribution >= 0.6 is 11.8 Å². The normalized spacial score (nSPS) is 12.7. The van der Waals surface area contributed by atoms with Crippen molar-refractivity contribution in [2.45, 2.75) is 37.7 Å². The Kier molecular flexibility index (Phi) is 6.39. The van der Waals surface area contributed by atoms with Crippen LogP contribution in [-0.2, 0) is 11.3 Å². The minimum Gasteiger partial charge on any atom is -0.369 e. The topological polar surface area (TPSA) is 82.4 Å². The van der Waals surface area contributed by atoms with E-state index in [2.05, 4.69) is 18.8 Å². The first-order valence-corrected chi connectivity index (χ1v) is 9.15. The van der Waals surface area contributed by atoms with Crippen LogP contribution < -0.4 is 16.2 Å². The molecule has 1 aromatic heterocycles. The smallest absolute Gasteiger partial charge is 0.262 e. The number of quaternary nitrogens is 1. The van der Waals surface area contributed by atoms with Gasteiger partial charge in [0.15, 0.2) is 5.16 Å². The highest BCUT2D eigenvalue weighted by Gasteiger charge is 2.18. The van der Waals surface area contributed by atoms with Crippen LogP contribution in [0.3, 0.4) is 0 Å². The summed E-state index contributed by atoms with van der Waals surface area (Å²) in [4.78, 5) is 30.3. The maximum atomic E-state index is 12.9. The number of nitrogens with zero attached hydrogens (tertiary/aromatic N) is 2. The lowest BCUT2D eigenvalue weighted by atomic mass is 10.2. The maximum absolute atomic E-state index is 12.9. The van der Waals surface area contributed by atoms with Crippen molar-refractivity contribution >= 4 is 28.6 Å². The van der Waals surface area contributed by atoms with Gasteiger partial charge in [0.25, 0.3) is 5.56 Å². The van der Waals surface area contributed by atoms with Gasteiger partial charge in [-0.1, -0.05) is 23.9 Å². The molecule has 0 fully saturated rings. The molecule has 0 radical (unpaired) electrons. The molecule has 0 bridgehead atoms. The van der Waals surface area contributed by atoms with Gasteiger partial charge in [-0.2, -0.15) is 0 Å². The maximum Gasteiger partial charge on any atom is 0.262 e. The summed E-state index contributed by atoms with van der Waals surface area (Å²) in [6, 6.07) is 7.29. The minimum absolute atomic E-state index is 0.0636. The quantitative estimate of drug-likeness (QED) is 0.530. The first kappa shape index (κ1) is 18.5. The number of amides is 1. The van der Waals surface area contributed by atoms with E-state index in [4.69, 9.17) is 5.73 Å². The average Bonchev–Trinajstić information content (AvgIpc) is 2.57. The summed E-state index contributed by atoms with van der Waals surface area (Å²) < 4.78 is 1.68. The van der Waals surface area contributed by atoms with Crippen molar-refractivity contribution in [3.8, 4) is 0 Å². The largest absolute Gasteiger partial charge is 0.369 e. The Morgan fingerprint density at radius 3 is 2.62 bits per heavy atom. The number of rotatable bonds is 8. The summed E-state index contributed by atoms with van der Waals surface area (Å²) in [5.74, 6) is -0.414. The molecule has 3 N–H and O–H groups in total. The Morgan fingerprint density at radius 2 is 2.00 bits per heavy atom. The monoisotopic (exact) mass is 349 g/mol. The number of carbonyl (C=O) groups is 1. The van der Waals surface area contributed by atoms with Crippen molar-refractivity contribution in [1.29, 1.82) is 0 Å². The van der Waals surface area contributed by atoms with E-state index in [1.807, 2.05) is 18.2 Å². The second-order valence-corrected chi connectivity index (χ2v) is 7.05. The van der Waals surface area contributed by atoms with Gasteiger partial charge in [0, 0.05) is 0 Å². The van der Waals surface area contributed by atoms with Crippen LogP contribution in [0.1, 0.15) is 20.8 Å². The molecule has 0 saturated heterocycles. The number of nitrogens with two attached hydrogens (primary N) is 1. The van der Waals surface area contributed by atoms with Gasteiger partial charge in [-0.25, -0.2) is 4.98 Å². The van der Waals surface area contributed by atoms with Gasteiger partial charge in [0.2, 0.25) is 5.91 Å². The van der Waals surface area contributed by atoms with Crippen LogP contribution in [0.25, 0.3) is 10.9 Å². The molecule has 0 spiro atoms. The van der Waals surface area contributed by atoms with Gasteiger partial charge in [0.1, 0.15) is 0 Å². The summed E-state index contributed by atoms with van der Waals surface area (Å²) in [5.41, 5.74) is 5.95. The van der Waals surface area contributed by atoms with Crippen LogP contribution in [0, 0.1) is 0 Å². The fraction of sp³-hybridized carbons (Fsp3) is 0.471. The van der Waals surface area contributed by atoms with Gasteiger partial charge in [-0.3, -0.25) is 14.2 Å². The molecule has 24 heavy (non-hydrogen) atoms. The Hall–Kier alpha value is -1.86. The highest BCUT2D eigenvalue weighted by molar-refractivity contribution is 8.00. The summed E-state index contributed by atoms with van der Waals surface area (Å²) >= 11 is 1.24. The Morgan fingerprint density at radius 1 is 1.33 bits per heavy atom. The third-order valence-electron chi connectivity index (χ3n) is 4.20. The van der Waals surface area contributed by atoms with Crippen LogP contribution in [0.5, 0.6) is 0 Å². The highest BCUT2D eigenvalue weighted by atomic mass is 32.2. The van der Waals surface area contributed by atoms with Crippen molar-refractivity contribution in [2.75, 3.05) is 19.6 Å². The number of aromatic nitrogens is 2. The zero-order valence-corrected chi connectivity index (χ0v) is 15.2. The zero-order valence-electron chi connectivity index (χ0n) is 14.4. The summed E-state index contributed by atoms with van der Waals surface area (Å²) in [7, 11) is 0. The van der Waals surface area contributed by atoms with E-state index < -0.39 is 11.2 Å². The number of nitrogens with one attached hydrogen (secondary N) is 1. The lowest BCUT2D eigenvalue weighted by molar-refractivity contribution is -0.897. The van der Waals surface area contributed by atoms with Crippen LogP contribution in [0.15, 0.2) is 34.2 Å². The second-order valence-electron chi connectivity index (χ2n) is 5.74. The number of primary amides is 1. The molecule has 130 valence electrons. The fourth-order valence-corrected chi connectivity index (χ4v) is 3.41. The standard InChI is InChI=1S/C17H24N4O2S/c1-4-20(5-2)10-11-21-16(23)13-8-6-7-9-14(13)19-17(21)24-12(3)15(18)22/h6-9,12H,4-5,10-11H2,1-3H3,(H2,18,22)/p+1/t12-/m1/s1. The summed E-state index contributed by atoms with van der Waals surface area (Å²) in [6.07, 6.45) is 0. The van der Waals surface area contributed by atoms with Crippen molar-refractivity contribution < 1.29 is 9.69 Å². The molecule has 1 heterocycles. The van der Waals surface area contributed by atoms with Gasteiger partial charge in [-0.15, -0.1) is 0 Å². The van der Waals surface area contributed by atoms with Crippen molar-refractivity contribution in [3.63, 3.8) is 0 Å². The first-order valence-electron chi connectivity index (χ1n) is 8.27. The number of fused-ring (bicyclic) bond motifs is 1. The number of carbonyl (C=O) groups excluding carboxylic acids is 1. The highest BCUT2D eigenvalue weighted by Crippen LogP contribution is 2.22. The van der Waals surface area contributed by atoms with Crippen molar-refractivity contribution in [2.24, 2.45) is 5.73 Å². The fourth-order valence-electron chi connectivity index (χ4n) is 2.52. The molecule has 0 unspecified atom stereocenters. The molecule has 1 atom stereocenters. The zero-order chi connectivity index (χ0) is 17.7.